The Morgan fingerprint density at radius 2 is 1.67 bits per heavy atom. The number of benzene rings is 3. The van der Waals surface area contributed by atoms with E-state index in [0.29, 0.717) is 16.8 Å². The van der Waals surface area contributed by atoms with Gasteiger partial charge in [-0.3, -0.25) is 9.59 Å². The Kier molecular flexibility index (Phi) is 7.25. The summed E-state index contributed by atoms with van der Waals surface area (Å²) in [5.41, 5.74) is 4.35. The largest absolute Gasteiger partial charge is 0.340 e. The fraction of sp³-hybridized carbons (Fsp3) is 0.179. The molecule has 2 aliphatic heterocycles. The number of allylic oxidation sites excluding steroid dienone is 1. The van der Waals surface area contributed by atoms with Crippen LogP contribution in [0.2, 0.25) is 0 Å². The number of hydrogen-bond acceptors (Lipinski definition) is 5. The second kappa shape index (κ2) is 10.7. The molecule has 8 heteroatoms. The summed E-state index contributed by atoms with van der Waals surface area (Å²) >= 11 is 5.13. The van der Waals surface area contributed by atoms with Gasteiger partial charge in [0, 0.05) is 33.7 Å². The van der Waals surface area contributed by atoms with Gasteiger partial charge in [-0.15, -0.1) is 0 Å². The fourth-order valence-corrected chi connectivity index (χ4v) is 5.83. The Morgan fingerprint density at radius 3 is 2.42 bits per heavy atom. The van der Waals surface area contributed by atoms with Crippen LogP contribution in [0.25, 0.3) is 0 Å². The summed E-state index contributed by atoms with van der Waals surface area (Å²) in [5, 5.41) is 6.94. The first kappa shape index (κ1) is 24.3. The molecule has 0 bridgehead atoms. The summed E-state index contributed by atoms with van der Waals surface area (Å²) < 4.78 is 0.850. The number of amides is 2. The molecule has 3 aromatic rings. The number of amidine groups is 1. The second-order valence-corrected chi connectivity index (χ2v) is 10.6. The highest BCUT2D eigenvalue weighted by atomic mass is 79.9. The molecular weight excluding hydrogens is 536 g/mol. The predicted octanol–water partition coefficient (Wildman–Crippen LogP) is 6.46. The average molecular weight is 562 g/mol. The molecular formula is C28H25BrN4O2S. The number of halogens is 1. The zero-order chi connectivity index (χ0) is 25.1. The van der Waals surface area contributed by atoms with Crippen molar-refractivity contribution in [2.24, 2.45) is 4.99 Å². The van der Waals surface area contributed by atoms with E-state index in [1.165, 1.54) is 0 Å². The maximum atomic E-state index is 13.5. The third kappa shape index (κ3) is 5.24. The molecule has 182 valence electrons. The molecule has 0 spiro atoms. The van der Waals surface area contributed by atoms with Gasteiger partial charge in [-0.1, -0.05) is 64.1 Å². The van der Waals surface area contributed by atoms with Crippen molar-refractivity contribution >= 4 is 56.0 Å². The van der Waals surface area contributed by atoms with E-state index in [1.807, 2.05) is 73.7 Å². The summed E-state index contributed by atoms with van der Waals surface area (Å²) in [6.45, 7) is 2.73. The SMILES string of the molecule is CC1=C(C(=O)Nc2ccccc2)C(c2ccc(NC(=O)c3cccc(Br)c3)cc2)N2CCCSC2=N1. The van der Waals surface area contributed by atoms with Gasteiger partial charge in [0.2, 0.25) is 0 Å². The molecule has 5 rings (SSSR count). The van der Waals surface area contributed by atoms with Gasteiger partial charge >= 0.3 is 0 Å². The van der Waals surface area contributed by atoms with E-state index in [2.05, 4.69) is 31.5 Å². The molecule has 3 aromatic carbocycles. The number of nitrogens with zero attached hydrogens (tertiary/aromatic N) is 2. The summed E-state index contributed by atoms with van der Waals surface area (Å²) in [6, 6.07) is 24.2. The normalized spacial score (nSPS) is 17.2. The van der Waals surface area contributed by atoms with Crippen LogP contribution in [0.5, 0.6) is 0 Å². The number of carbonyl (C=O) groups is 2. The first-order valence-corrected chi connectivity index (χ1v) is 13.5. The van der Waals surface area contributed by atoms with Crippen LogP contribution in [0.1, 0.15) is 35.3 Å². The van der Waals surface area contributed by atoms with Gasteiger partial charge in [0.1, 0.15) is 0 Å². The van der Waals surface area contributed by atoms with Crippen LogP contribution >= 0.6 is 27.7 Å². The summed E-state index contributed by atoms with van der Waals surface area (Å²) in [6.07, 6.45) is 1.02. The van der Waals surface area contributed by atoms with Crippen molar-refractivity contribution in [2.75, 3.05) is 22.9 Å². The van der Waals surface area contributed by atoms with E-state index >= 15 is 0 Å². The molecule has 0 aromatic heterocycles. The molecule has 1 saturated heterocycles. The van der Waals surface area contributed by atoms with Crippen molar-refractivity contribution in [1.29, 1.82) is 0 Å². The van der Waals surface area contributed by atoms with Crippen LogP contribution in [-0.4, -0.2) is 34.2 Å². The highest BCUT2D eigenvalue weighted by Gasteiger charge is 2.37. The number of rotatable bonds is 5. The Morgan fingerprint density at radius 1 is 0.944 bits per heavy atom. The van der Waals surface area contributed by atoms with Gasteiger partial charge in [0.25, 0.3) is 11.8 Å². The monoisotopic (exact) mass is 560 g/mol. The van der Waals surface area contributed by atoms with Crippen molar-refractivity contribution < 1.29 is 9.59 Å². The van der Waals surface area contributed by atoms with E-state index in [0.717, 1.165) is 45.3 Å². The Bertz CT molecular complexity index is 1360. The third-order valence-electron chi connectivity index (χ3n) is 6.11. The molecule has 1 atom stereocenters. The topological polar surface area (TPSA) is 73.8 Å². The summed E-state index contributed by atoms with van der Waals surface area (Å²) in [7, 11) is 0. The Hall–Kier alpha value is -3.36. The van der Waals surface area contributed by atoms with Crippen molar-refractivity contribution in [3.63, 3.8) is 0 Å². The Balaban J connectivity index is 1.43. The molecule has 1 fully saturated rings. The molecule has 2 aliphatic rings. The minimum atomic E-state index is -0.260. The van der Waals surface area contributed by atoms with Crippen LogP contribution in [0.4, 0.5) is 11.4 Å². The molecule has 2 heterocycles. The highest BCUT2D eigenvalue weighted by molar-refractivity contribution is 9.10. The molecule has 1 unspecified atom stereocenters. The number of aliphatic imine (C=N–C) groups is 1. The van der Waals surface area contributed by atoms with Crippen LogP contribution in [0, 0.1) is 0 Å². The van der Waals surface area contributed by atoms with Gasteiger partial charge in [-0.25, -0.2) is 4.99 Å². The van der Waals surface area contributed by atoms with E-state index in [9.17, 15) is 9.59 Å². The number of anilines is 2. The van der Waals surface area contributed by atoms with E-state index < -0.39 is 0 Å². The van der Waals surface area contributed by atoms with E-state index in [4.69, 9.17) is 4.99 Å². The van der Waals surface area contributed by atoms with Crippen molar-refractivity contribution in [3.8, 4) is 0 Å². The number of para-hydroxylation sites is 1. The lowest BCUT2D eigenvalue weighted by atomic mass is 9.93. The second-order valence-electron chi connectivity index (χ2n) is 8.60. The maximum Gasteiger partial charge on any atom is 0.255 e. The molecule has 0 saturated carbocycles. The van der Waals surface area contributed by atoms with Gasteiger partial charge in [0.05, 0.1) is 17.3 Å². The van der Waals surface area contributed by atoms with E-state index in [-0.39, 0.29) is 17.9 Å². The van der Waals surface area contributed by atoms with Crippen molar-refractivity contribution in [3.05, 3.63) is 106 Å². The number of thioether (sulfide) groups is 1. The number of carbonyl (C=O) groups excluding carboxylic acids is 2. The van der Waals surface area contributed by atoms with Crippen molar-refractivity contribution in [2.45, 2.75) is 19.4 Å². The minimum Gasteiger partial charge on any atom is -0.340 e. The quantitative estimate of drug-likeness (QED) is 0.375. The molecule has 0 radical (unpaired) electrons. The molecule has 2 N–H and O–H groups in total. The highest BCUT2D eigenvalue weighted by Crippen LogP contribution is 2.40. The van der Waals surface area contributed by atoms with Crippen LogP contribution in [-0.2, 0) is 4.79 Å². The smallest absolute Gasteiger partial charge is 0.255 e. The zero-order valence-corrected chi connectivity index (χ0v) is 22.1. The molecule has 0 aliphatic carbocycles. The molecule has 2 amide bonds. The average Bonchev–Trinajstić information content (AvgIpc) is 2.89. The molecule has 6 nitrogen and oxygen atoms in total. The van der Waals surface area contributed by atoms with Gasteiger partial charge in [0.15, 0.2) is 5.17 Å². The minimum absolute atomic E-state index is 0.158. The number of fused-ring (bicyclic) bond motifs is 1. The van der Waals surface area contributed by atoms with Crippen molar-refractivity contribution in [1.82, 2.24) is 4.90 Å². The van der Waals surface area contributed by atoms with Gasteiger partial charge in [-0.05, 0) is 61.4 Å². The first-order valence-electron chi connectivity index (χ1n) is 11.7. The fourth-order valence-electron chi connectivity index (χ4n) is 4.41. The zero-order valence-electron chi connectivity index (χ0n) is 19.7. The maximum absolute atomic E-state index is 13.5. The number of hydrogen-bond donors (Lipinski definition) is 2. The Labute approximate surface area is 223 Å². The first-order chi connectivity index (χ1) is 17.5. The third-order valence-corrected chi connectivity index (χ3v) is 7.68. The van der Waals surface area contributed by atoms with Crippen LogP contribution in [0.3, 0.4) is 0 Å². The lowest BCUT2D eigenvalue weighted by Crippen LogP contribution is -2.43. The summed E-state index contributed by atoms with van der Waals surface area (Å²) in [5.74, 6) is 0.679. The number of nitrogens with one attached hydrogen (secondary N) is 2. The lowest BCUT2D eigenvalue weighted by Gasteiger charge is -2.40. The lowest BCUT2D eigenvalue weighted by molar-refractivity contribution is -0.113. The predicted molar refractivity (Wildman–Crippen MR) is 150 cm³/mol. The van der Waals surface area contributed by atoms with Crippen LogP contribution < -0.4 is 10.6 Å². The van der Waals surface area contributed by atoms with Gasteiger partial charge in [-0.2, -0.15) is 0 Å². The standard InChI is InChI=1S/C28H25BrN4O2S/c1-18-24(27(35)32-22-9-3-2-4-10-22)25(33-15-6-16-36-28(33)30-18)19-11-13-23(14-12-19)31-26(34)20-7-5-8-21(29)17-20/h2-5,7-14,17,25H,6,15-16H2,1H3,(H,31,34)(H,32,35). The van der Waals surface area contributed by atoms with Gasteiger partial charge < -0.3 is 15.5 Å². The summed E-state index contributed by atoms with van der Waals surface area (Å²) in [4.78, 5) is 33.2. The van der Waals surface area contributed by atoms with Crippen LogP contribution in [0.15, 0.2) is 99.6 Å². The van der Waals surface area contributed by atoms with E-state index in [1.54, 1.807) is 23.9 Å². The molecule has 36 heavy (non-hydrogen) atoms.